The van der Waals surface area contributed by atoms with E-state index < -0.39 is 0 Å². The van der Waals surface area contributed by atoms with Crippen molar-refractivity contribution < 1.29 is 28.6 Å². The molecule has 0 saturated carbocycles. The summed E-state index contributed by atoms with van der Waals surface area (Å²) in [7, 11) is 4.87. The molecule has 0 aliphatic heterocycles. The highest BCUT2D eigenvalue weighted by molar-refractivity contribution is 6.04. The van der Waals surface area contributed by atoms with E-state index in [4.69, 9.17) is 14.2 Å². The van der Waals surface area contributed by atoms with Crippen molar-refractivity contribution in [3.05, 3.63) is 78.4 Å². The fourth-order valence-electron chi connectivity index (χ4n) is 2.86. The third-order valence-corrected chi connectivity index (χ3v) is 4.81. The highest BCUT2D eigenvalue weighted by Gasteiger charge is 2.09. The van der Waals surface area contributed by atoms with Crippen LogP contribution in [0.15, 0.2) is 72.8 Å². The van der Waals surface area contributed by atoms with Gasteiger partial charge in [-0.05, 0) is 60.7 Å². The van der Waals surface area contributed by atoms with Gasteiger partial charge in [0.25, 0.3) is 17.7 Å². The van der Waals surface area contributed by atoms with Crippen LogP contribution in [0.1, 0.15) is 10.4 Å². The Labute approximate surface area is 203 Å². The first-order valence-electron chi connectivity index (χ1n) is 10.7. The second kappa shape index (κ2) is 12.1. The molecule has 0 aromatic heterocycles. The van der Waals surface area contributed by atoms with Crippen molar-refractivity contribution in [2.75, 3.05) is 45.1 Å². The lowest BCUT2D eigenvalue weighted by Gasteiger charge is -2.12. The zero-order valence-electron chi connectivity index (χ0n) is 19.7. The molecule has 0 radical (unpaired) electrons. The Morgan fingerprint density at radius 2 is 1.37 bits per heavy atom. The number of nitrogens with one attached hydrogen (secondary N) is 2. The number of ether oxygens (including phenoxy) is 3. The molecule has 9 nitrogen and oxygen atoms in total. The molecule has 0 bridgehead atoms. The maximum atomic E-state index is 12.5. The molecule has 0 atom stereocenters. The summed E-state index contributed by atoms with van der Waals surface area (Å²) in [6.07, 6.45) is 0. The molecule has 182 valence electrons. The third kappa shape index (κ3) is 7.78. The summed E-state index contributed by atoms with van der Waals surface area (Å²) in [4.78, 5) is 37.7. The van der Waals surface area contributed by atoms with Crippen molar-refractivity contribution in [1.82, 2.24) is 4.90 Å². The average molecular weight is 478 g/mol. The van der Waals surface area contributed by atoms with Gasteiger partial charge in [0.1, 0.15) is 17.2 Å². The molecule has 2 N–H and O–H groups in total. The number of carbonyl (C=O) groups excluding carboxylic acids is 3. The standard InChI is InChI=1S/C26H27N3O6/c1-29(2)25(31)17-35-22-13-9-19(10-14-22)28-26(32)18-7-11-21(12-8-18)34-16-24(30)27-20-5-4-6-23(15-20)33-3/h4-15H,16-17H2,1-3H3,(H,27,30)(H,28,32). The number of hydrogen-bond acceptors (Lipinski definition) is 6. The van der Waals surface area contributed by atoms with Crippen molar-refractivity contribution in [2.24, 2.45) is 0 Å². The van der Waals surface area contributed by atoms with Crippen LogP contribution in [0.5, 0.6) is 17.2 Å². The van der Waals surface area contributed by atoms with Gasteiger partial charge in [-0.2, -0.15) is 0 Å². The average Bonchev–Trinajstić information content (AvgIpc) is 2.87. The summed E-state index contributed by atoms with van der Waals surface area (Å²) >= 11 is 0. The van der Waals surface area contributed by atoms with Crippen LogP contribution in [0.25, 0.3) is 0 Å². The summed E-state index contributed by atoms with van der Waals surface area (Å²) in [5, 5.41) is 5.52. The molecule has 9 heteroatoms. The summed E-state index contributed by atoms with van der Waals surface area (Å²) in [5.41, 5.74) is 1.61. The Morgan fingerprint density at radius 3 is 2.00 bits per heavy atom. The molecule has 35 heavy (non-hydrogen) atoms. The largest absolute Gasteiger partial charge is 0.497 e. The van der Waals surface area contributed by atoms with E-state index in [0.717, 1.165) is 0 Å². The molecule has 0 unspecified atom stereocenters. The molecule has 3 aromatic rings. The van der Waals surface area contributed by atoms with E-state index in [1.807, 2.05) is 0 Å². The first kappa shape index (κ1) is 25.1. The number of benzene rings is 3. The molecule has 3 aromatic carbocycles. The predicted octanol–water partition coefficient (Wildman–Crippen LogP) is 3.43. The maximum Gasteiger partial charge on any atom is 0.262 e. The van der Waals surface area contributed by atoms with Crippen LogP contribution < -0.4 is 24.8 Å². The zero-order chi connectivity index (χ0) is 25.2. The van der Waals surface area contributed by atoms with Gasteiger partial charge in [-0.25, -0.2) is 0 Å². The van der Waals surface area contributed by atoms with Gasteiger partial charge in [0, 0.05) is 37.1 Å². The smallest absolute Gasteiger partial charge is 0.262 e. The van der Waals surface area contributed by atoms with Crippen LogP contribution in [0.2, 0.25) is 0 Å². The fourth-order valence-corrected chi connectivity index (χ4v) is 2.86. The van der Waals surface area contributed by atoms with Crippen molar-refractivity contribution in [3.8, 4) is 17.2 Å². The van der Waals surface area contributed by atoms with Crippen molar-refractivity contribution in [2.45, 2.75) is 0 Å². The van der Waals surface area contributed by atoms with Crippen molar-refractivity contribution in [1.29, 1.82) is 0 Å². The molecule has 3 amide bonds. The summed E-state index contributed by atoms with van der Waals surface area (Å²) in [6, 6.07) is 20.2. The van der Waals surface area contributed by atoms with Crippen LogP contribution in [0.3, 0.4) is 0 Å². The predicted molar refractivity (Wildman–Crippen MR) is 132 cm³/mol. The van der Waals surface area contributed by atoms with Crippen molar-refractivity contribution >= 4 is 29.1 Å². The van der Waals surface area contributed by atoms with Gasteiger partial charge < -0.3 is 29.7 Å². The van der Waals surface area contributed by atoms with E-state index in [9.17, 15) is 14.4 Å². The van der Waals surface area contributed by atoms with Gasteiger partial charge >= 0.3 is 0 Å². The molecule has 0 aliphatic rings. The third-order valence-electron chi connectivity index (χ3n) is 4.81. The Balaban J connectivity index is 1.47. The monoisotopic (exact) mass is 477 g/mol. The number of nitrogens with zero attached hydrogens (tertiary/aromatic N) is 1. The first-order chi connectivity index (χ1) is 16.8. The van der Waals surface area contributed by atoms with Gasteiger partial charge in [0.05, 0.1) is 7.11 Å². The Hall–Kier alpha value is -4.53. The lowest BCUT2D eigenvalue weighted by molar-refractivity contribution is -0.130. The quantitative estimate of drug-likeness (QED) is 0.463. The molecule has 0 fully saturated rings. The van der Waals surface area contributed by atoms with Crippen molar-refractivity contribution in [3.63, 3.8) is 0 Å². The lowest BCUT2D eigenvalue weighted by atomic mass is 10.2. The lowest BCUT2D eigenvalue weighted by Crippen LogP contribution is -2.27. The van der Waals surface area contributed by atoms with E-state index >= 15 is 0 Å². The number of amides is 3. The van der Waals surface area contributed by atoms with Crippen LogP contribution in [-0.2, 0) is 9.59 Å². The van der Waals surface area contributed by atoms with E-state index in [1.54, 1.807) is 94.0 Å². The van der Waals surface area contributed by atoms with E-state index in [-0.39, 0.29) is 30.9 Å². The van der Waals surface area contributed by atoms with Gasteiger partial charge in [-0.1, -0.05) is 6.07 Å². The van der Waals surface area contributed by atoms with E-state index in [2.05, 4.69) is 10.6 Å². The van der Waals surface area contributed by atoms with Crippen LogP contribution in [-0.4, -0.2) is 57.0 Å². The number of hydrogen-bond donors (Lipinski definition) is 2. The second-order valence-corrected chi connectivity index (χ2v) is 7.65. The highest BCUT2D eigenvalue weighted by Crippen LogP contribution is 2.19. The molecular weight excluding hydrogens is 450 g/mol. The Morgan fingerprint density at radius 1 is 0.743 bits per heavy atom. The van der Waals surface area contributed by atoms with Gasteiger partial charge in [-0.3, -0.25) is 14.4 Å². The van der Waals surface area contributed by atoms with Crippen LogP contribution in [0, 0.1) is 0 Å². The van der Waals surface area contributed by atoms with Crippen LogP contribution in [0.4, 0.5) is 11.4 Å². The summed E-state index contributed by atoms with van der Waals surface area (Å²) in [5.74, 6) is 0.847. The second-order valence-electron chi connectivity index (χ2n) is 7.65. The summed E-state index contributed by atoms with van der Waals surface area (Å²) < 4.78 is 16.0. The topological polar surface area (TPSA) is 106 Å². The van der Waals surface area contributed by atoms with E-state index in [0.29, 0.717) is 34.2 Å². The molecule has 0 spiro atoms. The number of methoxy groups -OCH3 is 1. The highest BCUT2D eigenvalue weighted by atomic mass is 16.5. The first-order valence-corrected chi connectivity index (χ1v) is 10.7. The maximum absolute atomic E-state index is 12.5. The molecule has 3 rings (SSSR count). The minimum absolute atomic E-state index is 0.0597. The SMILES string of the molecule is COc1cccc(NC(=O)COc2ccc(C(=O)Nc3ccc(OCC(=O)N(C)C)cc3)cc2)c1. The Kier molecular flexibility index (Phi) is 8.66. The Bertz CT molecular complexity index is 1160. The number of anilines is 2. The number of rotatable bonds is 10. The number of likely N-dealkylation sites (N-methyl/N-ethyl adjacent to an activating group) is 1. The van der Waals surface area contributed by atoms with Gasteiger partial charge in [0.2, 0.25) is 0 Å². The van der Waals surface area contributed by atoms with Gasteiger partial charge in [-0.15, -0.1) is 0 Å². The van der Waals surface area contributed by atoms with Crippen LogP contribution >= 0.6 is 0 Å². The molecule has 0 aliphatic carbocycles. The molecule has 0 heterocycles. The summed E-state index contributed by atoms with van der Waals surface area (Å²) in [6.45, 7) is -0.243. The van der Waals surface area contributed by atoms with Gasteiger partial charge in [0.15, 0.2) is 13.2 Å². The zero-order valence-corrected chi connectivity index (χ0v) is 19.7. The van der Waals surface area contributed by atoms with E-state index in [1.165, 1.54) is 4.90 Å². The minimum atomic E-state index is -0.321. The molecular formula is C26H27N3O6. The molecule has 0 saturated heterocycles. The fraction of sp³-hybridized carbons (Fsp3) is 0.192. The normalized spacial score (nSPS) is 10.1. The minimum Gasteiger partial charge on any atom is -0.497 e. The number of carbonyl (C=O) groups is 3.